The maximum absolute atomic E-state index is 13.7. The Morgan fingerprint density at radius 3 is 2.65 bits per heavy atom. The van der Waals surface area contributed by atoms with Gasteiger partial charge in [-0.25, -0.2) is 9.18 Å². The average Bonchev–Trinajstić information content (AvgIpc) is 2.38. The maximum atomic E-state index is 13.7. The molecular weight excluding hydrogens is 325 g/mol. The predicted molar refractivity (Wildman–Crippen MR) is 79.6 cm³/mol. The summed E-state index contributed by atoms with van der Waals surface area (Å²) in [6, 6.07) is 9.69. The molecule has 3 nitrogen and oxygen atoms in total. The van der Waals surface area contributed by atoms with Gasteiger partial charge < -0.3 is 10.4 Å². The second-order valence-electron chi connectivity index (χ2n) is 4.42. The van der Waals surface area contributed by atoms with Crippen molar-refractivity contribution < 1.29 is 14.3 Å². The summed E-state index contributed by atoms with van der Waals surface area (Å²) in [4.78, 5) is 10.8. The van der Waals surface area contributed by atoms with Crippen molar-refractivity contribution >= 4 is 27.6 Å². The summed E-state index contributed by atoms with van der Waals surface area (Å²) in [5, 5.41) is 12.0. The van der Waals surface area contributed by atoms with Gasteiger partial charge in [0, 0.05) is 22.3 Å². The van der Waals surface area contributed by atoms with E-state index in [9.17, 15) is 9.18 Å². The maximum Gasteiger partial charge on any atom is 0.335 e. The van der Waals surface area contributed by atoms with E-state index in [2.05, 4.69) is 21.2 Å². The lowest BCUT2D eigenvalue weighted by Gasteiger charge is -2.11. The summed E-state index contributed by atoms with van der Waals surface area (Å²) in [5.74, 6) is -1.25. The van der Waals surface area contributed by atoms with Gasteiger partial charge in [0.1, 0.15) is 5.82 Å². The van der Waals surface area contributed by atoms with Gasteiger partial charge in [-0.15, -0.1) is 0 Å². The molecule has 0 aliphatic heterocycles. The van der Waals surface area contributed by atoms with E-state index in [1.54, 1.807) is 24.3 Å². The van der Waals surface area contributed by atoms with Crippen LogP contribution in [0.3, 0.4) is 0 Å². The van der Waals surface area contributed by atoms with Crippen LogP contribution in [0.5, 0.6) is 0 Å². The smallest absolute Gasteiger partial charge is 0.335 e. The quantitative estimate of drug-likeness (QED) is 0.878. The van der Waals surface area contributed by atoms with Crippen LogP contribution in [-0.4, -0.2) is 11.1 Å². The number of benzene rings is 2. The minimum Gasteiger partial charge on any atom is -0.478 e. The third kappa shape index (κ3) is 3.36. The van der Waals surface area contributed by atoms with Crippen molar-refractivity contribution in [1.82, 2.24) is 0 Å². The third-order valence-electron chi connectivity index (χ3n) is 2.96. The zero-order chi connectivity index (χ0) is 14.7. The molecule has 0 aliphatic carbocycles. The molecule has 0 unspecified atom stereocenters. The molecule has 0 saturated carbocycles. The van der Waals surface area contributed by atoms with Crippen LogP contribution in [0.25, 0.3) is 0 Å². The Morgan fingerprint density at radius 2 is 2.05 bits per heavy atom. The fourth-order valence-corrected chi connectivity index (χ4v) is 2.18. The molecule has 0 fully saturated rings. The standard InChI is InChI=1S/C15H13BrFNO2/c1-9-6-10(15(19)20)3-5-14(9)18-8-11-2-4-12(16)7-13(11)17/h2-7,18H,8H2,1H3,(H,19,20). The van der Waals surface area contributed by atoms with E-state index in [-0.39, 0.29) is 11.4 Å². The molecule has 104 valence electrons. The molecule has 0 saturated heterocycles. The van der Waals surface area contributed by atoms with E-state index in [0.29, 0.717) is 16.6 Å². The van der Waals surface area contributed by atoms with Crippen molar-refractivity contribution in [2.45, 2.75) is 13.5 Å². The lowest BCUT2D eigenvalue weighted by atomic mass is 10.1. The summed E-state index contributed by atoms with van der Waals surface area (Å²) >= 11 is 3.21. The first-order chi connectivity index (χ1) is 9.47. The first-order valence-electron chi connectivity index (χ1n) is 5.99. The lowest BCUT2D eigenvalue weighted by Crippen LogP contribution is -2.04. The normalized spacial score (nSPS) is 10.3. The molecule has 0 radical (unpaired) electrons. The number of hydrogen-bond donors (Lipinski definition) is 2. The van der Waals surface area contributed by atoms with Crippen LogP contribution in [0.2, 0.25) is 0 Å². The summed E-state index contributed by atoms with van der Waals surface area (Å²) in [7, 11) is 0. The van der Waals surface area contributed by atoms with Gasteiger partial charge in [-0.05, 0) is 42.8 Å². The van der Waals surface area contributed by atoms with Crippen LogP contribution in [0, 0.1) is 12.7 Å². The van der Waals surface area contributed by atoms with Crippen molar-refractivity contribution in [2.24, 2.45) is 0 Å². The number of aromatic carboxylic acids is 1. The van der Waals surface area contributed by atoms with Crippen molar-refractivity contribution in [2.75, 3.05) is 5.32 Å². The van der Waals surface area contributed by atoms with Crippen molar-refractivity contribution in [1.29, 1.82) is 0 Å². The third-order valence-corrected chi connectivity index (χ3v) is 3.45. The molecule has 20 heavy (non-hydrogen) atoms. The Labute approximate surface area is 124 Å². The molecule has 5 heteroatoms. The molecule has 0 amide bonds. The van der Waals surface area contributed by atoms with Crippen LogP contribution < -0.4 is 5.32 Å². The summed E-state index contributed by atoms with van der Waals surface area (Å²) in [5.41, 5.74) is 2.39. The number of aryl methyl sites for hydroxylation is 1. The first kappa shape index (κ1) is 14.5. The summed E-state index contributed by atoms with van der Waals surface area (Å²) < 4.78 is 14.4. The highest BCUT2D eigenvalue weighted by molar-refractivity contribution is 9.10. The molecule has 0 bridgehead atoms. The van der Waals surface area contributed by atoms with Crippen LogP contribution in [0.1, 0.15) is 21.5 Å². The number of carboxylic acid groups (broad SMARTS) is 1. The van der Waals surface area contributed by atoms with Crippen LogP contribution >= 0.6 is 15.9 Å². The summed E-state index contributed by atoms with van der Waals surface area (Å²) in [6.07, 6.45) is 0. The number of anilines is 1. The van der Waals surface area contributed by atoms with Gasteiger partial charge in [-0.1, -0.05) is 22.0 Å². The zero-order valence-corrected chi connectivity index (χ0v) is 12.4. The minimum atomic E-state index is -0.960. The Bertz CT molecular complexity index is 658. The Balaban J connectivity index is 2.13. The second-order valence-corrected chi connectivity index (χ2v) is 5.34. The number of hydrogen-bond acceptors (Lipinski definition) is 2. The minimum absolute atomic E-state index is 0.239. The highest BCUT2D eigenvalue weighted by atomic mass is 79.9. The molecule has 2 N–H and O–H groups in total. The SMILES string of the molecule is Cc1cc(C(=O)O)ccc1NCc1ccc(Br)cc1F. The van der Waals surface area contributed by atoms with Crippen LogP contribution in [0.4, 0.5) is 10.1 Å². The molecule has 2 aromatic rings. The molecule has 2 rings (SSSR count). The van der Waals surface area contributed by atoms with E-state index in [4.69, 9.17) is 5.11 Å². The largest absolute Gasteiger partial charge is 0.478 e. The van der Waals surface area contributed by atoms with E-state index >= 15 is 0 Å². The van der Waals surface area contributed by atoms with E-state index in [1.807, 2.05) is 6.92 Å². The van der Waals surface area contributed by atoms with Crippen molar-refractivity contribution in [3.63, 3.8) is 0 Å². The second kappa shape index (κ2) is 6.05. The fraction of sp³-hybridized carbons (Fsp3) is 0.133. The number of carbonyl (C=O) groups is 1. The monoisotopic (exact) mass is 337 g/mol. The van der Waals surface area contributed by atoms with Crippen LogP contribution in [0.15, 0.2) is 40.9 Å². The average molecular weight is 338 g/mol. The molecular formula is C15H13BrFNO2. The molecule has 0 atom stereocenters. The van der Waals surface area contributed by atoms with Gasteiger partial charge in [-0.2, -0.15) is 0 Å². The van der Waals surface area contributed by atoms with Gasteiger partial charge in [0.25, 0.3) is 0 Å². The van der Waals surface area contributed by atoms with Gasteiger partial charge in [-0.3, -0.25) is 0 Å². The van der Waals surface area contributed by atoms with Crippen LogP contribution in [-0.2, 0) is 6.54 Å². The molecule has 2 aromatic carbocycles. The highest BCUT2D eigenvalue weighted by Gasteiger charge is 2.07. The molecule has 0 aromatic heterocycles. The number of carboxylic acids is 1. The lowest BCUT2D eigenvalue weighted by molar-refractivity contribution is 0.0697. The summed E-state index contributed by atoms with van der Waals surface area (Å²) in [6.45, 7) is 2.15. The van der Waals surface area contributed by atoms with Crippen molar-refractivity contribution in [3.05, 3.63) is 63.4 Å². The molecule has 0 heterocycles. The molecule has 0 spiro atoms. The van der Waals surface area contributed by atoms with E-state index in [1.165, 1.54) is 12.1 Å². The Hall–Kier alpha value is -1.88. The topological polar surface area (TPSA) is 49.3 Å². The van der Waals surface area contributed by atoms with E-state index < -0.39 is 5.97 Å². The number of nitrogens with one attached hydrogen (secondary N) is 1. The molecule has 0 aliphatic rings. The van der Waals surface area contributed by atoms with Crippen molar-refractivity contribution in [3.8, 4) is 0 Å². The first-order valence-corrected chi connectivity index (χ1v) is 6.78. The van der Waals surface area contributed by atoms with Gasteiger partial charge >= 0.3 is 5.97 Å². The number of rotatable bonds is 4. The number of halogens is 2. The van der Waals surface area contributed by atoms with Gasteiger partial charge in [0.15, 0.2) is 0 Å². The Morgan fingerprint density at radius 1 is 1.30 bits per heavy atom. The van der Waals surface area contributed by atoms with E-state index in [0.717, 1.165) is 11.3 Å². The Kier molecular flexibility index (Phi) is 4.39. The predicted octanol–water partition coefficient (Wildman–Crippen LogP) is 4.21. The highest BCUT2D eigenvalue weighted by Crippen LogP contribution is 2.20. The van der Waals surface area contributed by atoms with Gasteiger partial charge in [0.2, 0.25) is 0 Å². The van der Waals surface area contributed by atoms with Gasteiger partial charge in [0.05, 0.1) is 5.56 Å². The zero-order valence-electron chi connectivity index (χ0n) is 10.8. The fourth-order valence-electron chi connectivity index (χ4n) is 1.85.